The predicted octanol–water partition coefficient (Wildman–Crippen LogP) is 6.00. The maximum atomic E-state index is 10.9. The van der Waals surface area contributed by atoms with Crippen molar-refractivity contribution >= 4 is 28.6 Å². The van der Waals surface area contributed by atoms with Crippen molar-refractivity contribution in [3.8, 4) is 0 Å². The standard InChI is InChI=1S/C31H41N8O2/c1-35(2)29-15-13-28(14-16-29)33-34-31-10-5-8-23-38(31)22-7-4-3-6-20-36-24-25-37(26-36)21-9-19-32-27-11-17-30(18-12-27)39(40)41/h5,8,10-18,23-26,32,40H,3-4,6-7,9,19-22H2,1-2H3/q+1. The number of anilines is 3. The monoisotopic (exact) mass is 557 g/mol. The van der Waals surface area contributed by atoms with Crippen LogP contribution in [0.5, 0.6) is 0 Å². The summed E-state index contributed by atoms with van der Waals surface area (Å²) in [6.45, 7) is 3.70. The minimum Gasteiger partial charge on any atom is -0.733 e. The molecule has 0 amide bonds. The first kappa shape index (κ1) is 29.7. The second kappa shape index (κ2) is 15.5. The van der Waals surface area contributed by atoms with E-state index >= 15 is 0 Å². The summed E-state index contributed by atoms with van der Waals surface area (Å²) in [6, 6.07) is 20.9. The Bertz CT molecular complexity index is 1350. The highest BCUT2D eigenvalue weighted by atomic mass is 16.8. The van der Waals surface area contributed by atoms with Gasteiger partial charge in [-0.05, 0) is 85.4 Å². The molecule has 0 fully saturated rings. The molecule has 41 heavy (non-hydrogen) atoms. The summed E-state index contributed by atoms with van der Waals surface area (Å²) in [5.74, 6) is 0.867. The van der Waals surface area contributed by atoms with Crippen LogP contribution in [0.3, 0.4) is 0 Å². The van der Waals surface area contributed by atoms with Crippen LogP contribution in [0.1, 0.15) is 32.1 Å². The fourth-order valence-electron chi connectivity index (χ4n) is 4.51. The van der Waals surface area contributed by atoms with Gasteiger partial charge in [0.05, 0.1) is 36.6 Å². The van der Waals surface area contributed by atoms with Gasteiger partial charge in [0, 0.05) is 44.5 Å². The number of hydrogen-bond acceptors (Lipinski definition) is 7. The zero-order valence-electron chi connectivity index (χ0n) is 24.0. The third-order valence-electron chi connectivity index (χ3n) is 6.87. The van der Waals surface area contributed by atoms with Gasteiger partial charge >= 0.3 is 5.82 Å². The van der Waals surface area contributed by atoms with Crippen LogP contribution < -0.4 is 24.6 Å². The second-order valence-corrected chi connectivity index (χ2v) is 10.3. The number of nitrogens with one attached hydrogen (secondary N) is 1. The van der Waals surface area contributed by atoms with Gasteiger partial charge in [0.1, 0.15) is 18.1 Å². The molecule has 0 saturated heterocycles. The summed E-state index contributed by atoms with van der Waals surface area (Å²) < 4.78 is 6.64. The van der Waals surface area contributed by atoms with Gasteiger partial charge in [-0.1, -0.05) is 6.07 Å². The fraction of sp³-hybridized carbons (Fsp3) is 0.355. The van der Waals surface area contributed by atoms with Crippen molar-refractivity contribution in [1.82, 2.24) is 4.57 Å². The number of aryl methyl sites for hydroxylation is 3. The lowest BCUT2D eigenvalue weighted by atomic mass is 10.2. The van der Waals surface area contributed by atoms with Gasteiger partial charge in [-0.2, -0.15) is 0 Å². The van der Waals surface area contributed by atoms with Gasteiger partial charge in [-0.3, -0.25) is 5.21 Å². The summed E-state index contributed by atoms with van der Waals surface area (Å²) in [5, 5.41) is 31.9. The first-order valence-electron chi connectivity index (χ1n) is 14.2. The Morgan fingerprint density at radius 3 is 2.34 bits per heavy atom. The van der Waals surface area contributed by atoms with E-state index in [0.29, 0.717) is 0 Å². The lowest BCUT2D eigenvalue weighted by Gasteiger charge is -2.21. The van der Waals surface area contributed by atoms with Gasteiger partial charge < -0.3 is 20.7 Å². The van der Waals surface area contributed by atoms with Gasteiger partial charge in [-0.25, -0.2) is 13.7 Å². The smallest absolute Gasteiger partial charge is 0.350 e. The lowest BCUT2D eigenvalue weighted by molar-refractivity contribution is -0.696. The minimum atomic E-state index is -0.132. The van der Waals surface area contributed by atoms with E-state index in [1.807, 2.05) is 56.6 Å². The Morgan fingerprint density at radius 2 is 1.59 bits per heavy atom. The molecule has 0 radical (unpaired) electrons. The number of hydrogen-bond donors (Lipinski definition) is 2. The van der Waals surface area contributed by atoms with Crippen molar-refractivity contribution in [1.29, 1.82) is 0 Å². The molecule has 0 atom stereocenters. The van der Waals surface area contributed by atoms with Crippen LogP contribution in [0.4, 0.5) is 28.6 Å². The first-order chi connectivity index (χ1) is 20.0. The van der Waals surface area contributed by atoms with Crippen molar-refractivity contribution in [2.45, 2.75) is 51.7 Å². The molecule has 0 unspecified atom stereocenters. The zero-order valence-corrected chi connectivity index (χ0v) is 24.0. The number of benzene rings is 2. The third kappa shape index (κ3) is 9.70. The largest absolute Gasteiger partial charge is 0.733 e. The minimum absolute atomic E-state index is 0.132. The number of unbranched alkanes of at least 4 members (excludes halogenated alkanes) is 3. The van der Waals surface area contributed by atoms with E-state index in [0.717, 1.165) is 68.3 Å². The first-order valence-corrected chi connectivity index (χ1v) is 14.2. The molecule has 0 aliphatic heterocycles. The number of rotatable bonds is 16. The molecule has 0 spiro atoms. The van der Waals surface area contributed by atoms with Gasteiger partial charge in [0.15, 0.2) is 0 Å². The molecule has 4 rings (SSSR count). The van der Waals surface area contributed by atoms with Crippen molar-refractivity contribution in [2.24, 2.45) is 10.2 Å². The molecular formula is C31H41N8O2+. The molecule has 2 aromatic heterocycles. The number of imidazole rings is 1. The second-order valence-electron chi connectivity index (χ2n) is 10.3. The summed E-state index contributed by atoms with van der Waals surface area (Å²) in [4.78, 5) is 2.07. The van der Waals surface area contributed by atoms with E-state index in [4.69, 9.17) is 5.21 Å². The molecule has 216 valence electrons. The molecule has 0 aliphatic carbocycles. The quantitative estimate of drug-likeness (QED) is 0.0762. The number of pyridine rings is 1. The topological polar surface area (TPSA) is 99.2 Å². The van der Waals surface area contributed by atoms with E-state index in [2.05, 4.69) is 59.1 Å². The molecule has 0 bridgehead atoms. The van der Waals surface area contributed by atoms with Crippen LogP contribution in [-0.2, 0) is 19.6 Å². The third-order valence-corrected chi connectivity index (χ3v) is 6.87. The van der Waals surface area contributed by atoms with E-state index in [1.54, 1.807) is 24.3 Å². The van der Waals surface area contributed by atoms with Crippen molar-refractivity contribution < 1.29 is 14.3 Å². The molecule has 10 nitrogen and oxygen atoms in total. The Hall–Kier alpha value is -4.28. The summed E-state index contributed by atoms with van der Waals surface area (Å²) in [5.41, 5.74) is 3.13. The SMILES string of the molecule is CN(C)c1ccc(N=Nc2cccc[n+]2CCCCCCn2cc[n+](CCCNc3ccc(N([O-])O)cc3)c2)cc1. The van der Waals surface area contributed by atoms with Crippen LogP contribution in [0.15, 0.2) is 102 Å². The van der Waals surface area contributed by atoms with Crippen LogP contribution >= 0.6 is 0 Å². The molecule has 2 N–H and O–H groups in total. The normalized spacial score (nSPS) is 11.2. The van der Waals surface area contributed by atoms with Crippen molar-refractivity contribution in [3.63, 3.8) is 0 Å². The Morgan fingerprint density at radius 1 is 0.829 bits per heavy atom. The summed E-state index contributed by atoms with van der Waals surface area (Å²) in [6.07, 6.45) is 14.1. The van der Waals surface area contributed by atoms with Gasteiger partial charge in [-0.15, -0.1) is 0 Å². The fourth-order valence-corrected chi connectivity index (χ4v) is 4.51. The average molecular weight is 558 g/mol. The van der Waals surface area contributed by atoms with Crippen LogP contribution in [0, 0.1) is 5.21 Å². The Labute approximate surface area is 242 Å². The Balaban J connectivity index is 1.11. The molecule has 10 heteroatoms. The maximum absolute atomic E-state index is 10.9. The predicted molar refractivity (Wildman–Crippen MR) is 162 cm³/mol. The summed E-state index contributed by atoms with van der Waals surface area (Å²) >= 11 is 0. The highest BCUT2D eigenvalue weighted by Gasteiger charge is 2.09. The van der Waals surface area contributed by atoms with Crippen LogP contribution in [-0.4, -0.2) is 30.4 Å². The van der Waals surface area contributed by atoms with E-state index in [-0.39, 0.29) is 10.9 Å². The van der Waals surface area contributed by atoms with Crippen LogP contribution in [0.25, 0.3) is 0 Å². The van der Waals surface area contributed by atoms with E-state index in [9.17, 15) is 5.21 Å². The van der Waals surface area contributed by atoms with E-state index in [1.165, 1.54) is 12.8 Å². The number of nitrogens with zero attached hydrogens (tertiary/aromatic N) is 7. The number of azo groups is 1. The zero-order chi connectivity index (χ0) is 28.9. The maximum Gasteiger partial charge on any atom is 0.350 e. The number of aromatic nitrogens is 3. The molecule has 0 aliphatic rings. The van der Waals surface area contributed by atoms with Crippen molar-refractivity contribution in [2.75, 3.05) is 36.1 Å². The van der Waals surface area contributed by atoms with Crippen molar-refractivity contribution in [3.05, 3.63) is 96.9 Å². The van der Waals surface area contributed by atoms with E-state index < -0.39 is 0 Å². The van der Waals surface area contributed by atoms with Gasteiger partial charge in [0.2, 0.25) is 6.33 Å². The molecule has 2 aromatic carbocycles. The molecular weight excluding hydrogens is 516 g/mol. The Kier molecular flexibility index (Phi) is 11.2. The van der Waals surface area contributed by atoms with Gasteiger partial charge in [0.25, 0.3) is 0 Å². The molecule has 2 heterocycles. The summed E-state index contributed by atoms with van der Waals surface area (Å²) in [7, 11) is 4.05. The lowest BCUT2D eigenvalue weighted by Crippen LogP contribution is -2.33. The average Bonchev–Trinajstić information content (AvgIpc) is 3.44. The molecule has 4 aromatic rings. The molecule has 0 saturated carbocycles. The highest BCUT2D eigenvalue weighted by molar-refractivity contribution is 5.54. The van der Waals surface area contributed by atoms with Crippen LogP contribution in [0.2, 0.25) is 0 Å². The highest BCUT2D eigenvalue weighted by Crippen LogP contribution is 2.20.